The quantitative estimate of drug-likeness (QED) is 0.633. The maximum atomic E-state index is 11.6. The Labute approximate surface area is 113 Å². The largest absolute Gasteiger partial charge is 0.480 e. The van der Waals surface area contributed by atoms with E-state index in [1.807, 2.05) is 0 Å². The Bertz CT molecular complexity index is 490. The lowest BCUT2D eigenvalue weighted by Crippen LogP contribution is -2.46. The molecule has 1 aliphatic rings. The highest BCUT2D eigenvalue weighted by Gasteiger charge is 2.38. The van der Waals surface area contributed by atoms with Crippen molar-refractivity contribution in [2.45, 2.75) is 23.9 Å². The second kappa shape index (κ2) is 5.83. The Hall–Kier alpha value is -1.89. The Kier molecular flexibility index (Phi) is 4.16. The molecule has 1 aliphatic heterocycles. The molecule has 2 heterocycles. The lowest BCUT2D eigenvalue weighted by atomic mass is 10.3. The highest BCUT2D eigenvalue weighted by Crippen LogP contribution is 2.22. The average Bonchev–Trinajstić information content (AvgIpc) is 2.72. The van der Waals surface area contributed by atoms with Crippen LogP contribution in [0, 0.1) is 0 Å². The number of imide groups is 1. The molecule has 1 fully saturated rings. The molecule has 100 valence electrons. The molecule has 1 unspecified atom stereocenters. The normalized spacial score (nSPS) is 16.7. The summed E-state index contributed by atoms with van der Waals surface area (Å²) >= 11 is 1.21. The van der Waals surface area contributed by atoms with Gasteiger partial charge in [-0.25, -0.2) is 9.78 Å². The molecule has 7 heteroatoms. The van der Waals surface area contributed by atoms with Crippen molar-refractivity contribution in [1.29, 1.82) is 0 Å². The predicted molar refractivity (Wildman–Crippen MR) is 67.5 cm³/mol. The molecule has 1 atom stereocenters. The molecule has 0 bridgehead atoms. The zero-order chi connectivity index (χ0) is 13.8. The van der Waals surface area contributed by atoms with Gasteiger partial charge in [-0.15, -0.1) is 11.8 Å². The van der Waals surface area contributed by atoms with Gasteiger partial charge in [0.2, 0.25) is 11.8 Å². The van der Waals surface area contributed by atoms with Crippen LogP contribution in [0.4, 0.5) is 0 Å². The van der Waals surface area contributed by atoms with Crippen molar-refractivity contribution in [2.75, 3.05) is 5.75 Å². The van der Waals surface area contributed by atoms with Crippen LogP contribution < -0.4 is 0 Å². The molecule has 6 nitrogen and oxygen atoms in total. The minimum Gasteiger partial charge on any atom is -0.480 e. The van der Waals surface area contributed by atoms with Crippen LogP contribution in [0.1, 0.15) is 12.8 Å². The highest BCUT2D eigenvalue weighted by atomic mass is 32.2. The number of carboxylic acids is 1. The van der Waals surface area contributed by atoms with Crippen LogP contribution >= 0.6 is 11.8 Å². The van der Waals surface area contributed by atoms with E-state index in [0.29, 0.717) is 5.03 Å². The number of thioether (sulfide) groups is 1. The number of hydrogen-bond donors (Lipinski definition) is 1. The fourth-order valence-electron chi connectivity index (χ4n) is 1.79. The van der Waals surface area contributed by atoms with Crippen LogP contribution in [0.15, 0.2) is 29.4 Å². The molecule has 19 heavy (non-hydrogen) atoms. The maximum Gasteiger partial charge on any atom is 0.327 e. The van der Waals surface area contributed by atoms with Crippen LogP contribution in [0.2, 0.25) is 0 Å². The van der Waals surface area contributed by atoms with Crippen LogP contribution in [0.25, 0.3) is 0 Å². The Balaban J connectivity index is 2.07. The number of carbonyl (C=O) groups excluding carboxylic acids is 2. The molecule has 0 spiro atoms. The smallest absolute Gasteiger partial charge is 0.327 e. The molecular formula is C12H12N2O4S. The monoisotopic (exact) mass is 280 g/mol. The number of likely N-dealkylation sites (tertiary alicyclic amines) is 1. The molecular weight excluding hydrogens is 268 g/mol. The van der Waals surface area contributed by atoms with Crippen molar-refractivity contribution in [1.82, 2.24) is 9.88 Å². The minimum absolute atomic E-state index is 0.0941. The van der Waals surface area contributed by atoms with Gasteiger partial charge in [-0.2, -0.15) is 0 Å². The Morgan fingerprint density at radius 1 is 1.37 bits per heavy atom. The summed E-state index contributed by atoms with van der Waals surface area (Å²) in [6.45, 7) is 0. The van der Waals surface area contributed by atoms with Gasteiger partial charge < -0.3 is 5.11 Å². The molecule has 2 amide bonds. The summed E-state index contributed by atoms with van der Waals surface area (Å²) in [6, 6.07) is 4.16. The summed E-state index contributed by atoms with van der Waals surface area (Å²) in [5.74, 6) is -1.91. The van der Waals surface area contributed by atoms with Gasteiger partial charge in [-0.1, -0.05) is 6.07 Å². The van der Waals surface area contributed by atoms with E-state index in [9.17, 15) is 14.4 Å². The van der Waals surface area contributed by atoms with E-state index in [4.69, 9.17) is 5.11 Å². The molecule has 1 saturated heterocycles. The first-order chi connectivity index (χ1) is 9.09. The topological polar surface area (TPSA) is 87.6 Å². The Morgan fingerprint density at radius 3 is 2.58 bits per heavy atom. The first kappa shape index (κ1) is 13.5. The van der Waals surface area contributed by atoms with Crippen molar-refractivity contribution in [3.63, 3.8) is 0 Å². The third kappa shape index (κ3) is 3.11. The number of amides is 2. The summed E-state index contributed by atoms with van der Waals surface area (Å²) in [4.78, 5) is 39.3. The van der Waals surface area contributed by atoms with Gasteiger partial charge in [0, 0.05) is 24.8 Å². The van der Waals surface area contributed by atoms with Gasteiger partial charge >= 0.3 is 5.97 Å². The van der Waals surface area contributed by atoms with Crippen molar-refractivity contribution < 1.29 is 19.5 Å². The van der Waals surface area contributed by atoms with Crippen molar-refractivity contribution >= 4 is 29.5 Å². The Morgan fingerprint density at radius 2 is 2.05 bits per heavy atom. The standard InChI is InChI=1S/C12H12N2O4S/c15-10-4-5-11(16)14(10)8(12(17)18)7-19-9-3-1-2-6-13-9/h1-3,6,8H,4-5,7H2,(H,17,18). The molecule has 0 aromatic carbocycles. The second-order valence-corrected chi connectivity index (χ2v) is 5.03. The zero-order valence-electron chi connectivity index (χ0n) is 9.98. The number of hydrogen-bond acceptors (Lipinski definition) is 5. The first-order valence-corrected chi connectivity index (χ1v) is 6.69. The molecule has 0 aliphatic carbocycles. The molecule has 1 aromatic heterocycles. The number of carbonyl (C=O) groups is 3. The lowest BCUT2D eigenvalue weighted by Gasteiger charge is -2.21. The third-order valence-corrected chi connectivity index (χ3v) is 3.73. The van der Waals surface area contributed by atoms with Crippen LogP contribution in [-0.4, -0.2) is 44.6 Å². The van der Waals surface area contributed by atoms with Gasteiger partial charge in [0.15, 0.2) is 0 Å². The number of carboxylic acid groups (broad SMARTS) is 1. The van der Waals surface area contributed by atoms with Crippen molar-refractivity contribution in [3.05, 3.63) is 24.4 Å². The maximum absolute atomic E-state index is 11.6. The second-order valence-electron chi connectivity index (χ2n) is 3.99. The lowest BCUT2D eigenvalue weighted by molar-refractivity contribution is -0.153. The third-order valence-electron chi connectivity index (χ3n) is 2.71. The van der Waals surface area contributed by atoms with Crippen molar-refractivity contribution in [2.24, 2.45) is 0 Å². The van der Waals surface area contributed by atoms with E-state index in [2.05, 4.69) is 4.98 Å². The summed E-state index contributed by atoms with van der Waals surface area (Å²) in [7, 11) is 0. The fraction of sp³-hybridized carbons (Fsp3) is 0.333. The average molecular weight is 280 g/mol. The van der Waals surface area contributed by atoms with E-state index >= 15 is 0 Å². The number of pyridine rings is 1. The highest BCUT2D eigenvalue weighted by molar-refractivity contribution is 7.99. The summed E-state index contributed by atoms with van der Waals surface area (Å²) < 4.78 is 0. The van der Waals surface area contributed by atoms with E-state index in [1.165, 1.54) is 11.8 Å². The summed E-state index contributed by atoms with van der Waals surface area (Å²) in [6.07, 6.45) is 1.79. The van der Waals surface area contributed by atoms with Gasteiger partial charge in [-0.3, -0.25) is 14.5 Å². The molecule has 1 aromatic rings. The van der Waals surface area contributed by atoms with Crippen LogP contribution in [-0.2, 0) is 14.4 Å². The number of rotatable bonds is 5. The molecule has 2 rings (SSSR count). The van der Waals surface area contributed by atoms with E-state index in [0.717, 1.165) is 4.90 Å². The SMILES string of the molecule is O=C(O)C(CSc1ccccn1)N1C(=O)CCC1=O. The summed E-state index contributed by atoms with van der Waals surface area (Å²) in [5.41, 5.74) is 0. The van der Waals surface area contributed by atoms with E-state index in [1.54, 1.807) is 24.4 Å². The van der Waals surface area contributed by atoms with Gasteiger partial charge in [-0.05, 0) is 12.1 Å². The predicted octanol–water partition coefficient (Wildman–Crippen LogP) is 0.776. The van der Waals surface area contributed by atoms with E-state index < -0.39 is 23.8 Å². The van der Waals surface area contributed by atoms with Gasteiger partial charge in [0.25, 0.3) is 0 Å². The van der Waals surface area contributed by atoms with E-state index in [-0.39, 0.29) is 18.6 Å². The zero-order valence-corrected chi connectivity index (χ0v) is 10.8. The molecule has 0 saturated carbocycles. The molecule has 1 N–H and O–H groups in total. The van der Waals surface area contributed by atoms with Gasteiger partial charge in [0.1, 0.15) is 6.04 Å². The summed E-state index contributed by atoms with van der Waals surface area (Å²) in [5, 5.41) is 9.83. The fourth-order valence-corrected chi connectivity index (χ4v) is 2.72. The van der Waals surface area contributed by atoms with Crippen LogP contribution in [0.5, 0.6) is 0 Å². The minimum atomic E-state index is -1.17. The van der Waals surface area contributed by atoms with Gasteiger partial charge in [0.05, 0.1) is 5.03 Å². The molecule has 0 radical (unpaired) electrons. The number of nitrogens with zero attached hydrogens (tertiary/aromatic N) is 2. The van der Waals surface area contributed by atoms with Crippen molar-refractivity contribution in [3.8, 4) is 0 Å². The number of aromatic nitrogens is 1. The van der Waals surface area contributed by atoms with Crippen LogP contribution in [0.3, 0.4) is 0 Å². The first-order valence-electron chi connectivity index (χ1n) is 5.71. The number of aliphatic carboxylic acids is 1.